The van der Waals surface area contributed by atoms with Crippen molar-refractivity contribution in [2.45, 2.75) is 105 Å². The van der Waals surface area contributed by atoms with E-state index in [1.54, 1.807) is 90.1 Å². The molecule has 3 aromatic carbocycles. The lowest BCUT2D eigenvalue weighted by atomic mass is 10.1. The highest BCUT2D eigenvalue weighted by atomic mass is 16.6. The number of esters is 3. The van der Waals surface area contributed by atoms with Crippen molar-refractivity contribution >= 4 is 58.8 Å². The molecule has 22 heteroatoms. The van der Waals surface area contributed by atoms with Gasteiger partial charge in [-0.05, 0) is 109 Å². The van der Waals surface area contributed by atoms with E-state index in [-0.39, 0.29) is 85.8 Å². The Hall–Kier alpha value is -8.56. The predicted molar refractivity (Wildman–Crippen MR) is 273 cm³/mol. The Morgan fingerprint density at radius 2 is 1.14 bits per heavy atom. The summed E-state index contributed by atoms with van der Waals surface area (Å²) in [6, 6.07) is 16.4. The number of hydrogen-bond donors (Lipinski definition) is 7. The van der Waals surface area contributed by atoms with Gasteiger partial charge in [0.25, 0.3) is 11.1 Å². The maximum atomic E-state index is 13.4. The molecule has 0 bridgehead atoms. The van der Waals surface area contributed by atoms with Gasteiger partial charge >= 0.3 is 24.0 Å². The molecule has 0 saturated heterocycles. The number of carbonyl (C=O) groups is 5. The highest BCUT2D eigenvalue weighted by Crippen LogP contribution is 2.28. The summed E-state index contributed by atoms with van der Waals surface area (Å²) in [5.74, 6) is -1.89. The van der Waals surface area contributed by atoms with Crippen LogP contribution in [0, 0.1) is 5.41 Å². The summed E-state index contributed by atoms with van der Waals surface area (Å²) in [5, 5.41) is 19.3. The van der Waals surface area contributed by atoms with Crippen LogP contribution >= 0.6 is 0 Å². The van der Waals surface area contributed by atoms with Crippen molar-refractivity contribution < 1.29 is 42.9 Å². The second kappa shape index (κ2) is 24.0. The molecule has 2 aliphatic rings. The molecule has 5 aromatic rings. The summed E-state index contributed by atoms with van der Waals surface area (Å²) in [6.45, 7) is 10.5. The largest absolute Gasteiger partial charge is 0.462 e. The van der Waals surface area contributed by atoms with Crippen LogP contribution in [0.25, 0.3) is 22.5 Å². The van der Waals surface area contributed by atoms with Crippen molar-refractivity contribution in [3.8, 4) is 22.5 Å². The third-order valence-electron chi connectivity index (χ3n) is 10.7. The SMILES string of the molecule is CCOC(=O)NC(=N)c1ccc(CNC(=O)Cn2c(-c3cc(N)cc(C(=O)OCC)c3)cnc(NC3CC3)c2=O)cc1.CCOC(=O)c1cc(N)cc(-c2cnc(NC3CC3)c(=O)n2CC(=O)OC(C)(C)C)c1. The minimum atomic E-state index is -0.713. The number of nitrogen functional groups attached to an aromatic ring is 2. The van der Waals surface area contributed by atoms with Crippen LogP contribution in [-0.2, 0) is 48.2 Å². The minimum absolute atomic E-state index is 0.114. The maximum Gasteiger partial charge on any atom is 0.412 e. The summed E-state index contributed by atoms with van der Waals surface area (Å²) < 4.78 is 22.9. The van der Waals surface area contributed by atoms with Crippen LogP contribution in [0.15, 0.2) is 82.6 Å². The molecule has 22 nitrogen and oxygen atoms in total. The molecule has 2 aliphatic carbocycles. The summed E-state index contributed by atoms with van der Waals surface area (Å²) in [5.41, 5.74) is 14.2. The van der Waals surface area contributed by atoms with Crippen molar-refractivity contribution in [1.29, 1.82) is 5.41 Å². The minimum Gasteiger partial charge on any atom is -0.462 e. The lowest BCUT2D eigenvalue weighted by Gasteiger charge is -2.21. The molecular formula is C51H61N11O11. The second-order valence-corrected chi connectivity index (χ2v) is 18.0. The van der Waals surface area contributed by atoms with Gasteiger partial charge in [0.2, 0.25) is 5.91 Å². The van der Waals surface area contributed by atoms with E-state index in [1.165, 1.54) is 33.7 Å². The van der Waals surface area contributed by atoms with E-state index < -0.39 is 46.6 Å². The zero-order valence-corrected chi connectivity index (χ0v) is 41.6. The number of aromatic nitrogens is 4. The van der Waals surface area contributed by atoms with Crippen LogP contribution in [0.2, 0.25) is 0 Å². The zero-order chi connectivity index (χ0) is 53.0. The van der Waals surface area contributed by atoms with Gasteiger partial charge in [0.1, 0.15) is 24.5 Å². The summed E-state index contributed by atoms with van der Waals surface area (Å²) in [7, 11) is 0. The molecule has 73 heavy (non-hydrogen) atoms. The number of alkyl carbamates (subject to hydrolysis) is 1. The Labute approximate surface area is 420 Å². The van der Waals surface area contributed by atoms with E-state index in [1.807, 2.05) is 0 Å². The smallest absolute Gasteiger partial charge is 0.412 e. The van der Waals surface area contributed by atoms with Gasteiger partial charge in [0, 0.05) is 46.7 Å². The van der Waals surface area contributed by atoms with E-state index in [9.17, 15) is 33.6 Å². The first-order valence-electron chi connectivity index (χ1n) is 23.7. The number of amidine groups is 1. The fraction of sp³-hybridized carbons (Fsp3) is 0.373. The average Bonchev–Trinajstić information content (AvgIpc) is 4.29. The molecule has 7 rings (SSSR count). The number of amides is 2. The summed E-state index contributed by atoms with van der Waals surface area (Å²) in [4.78, 5) is 96.8. The molecule has 0 unspecified atom stereocenters. The first-order chi connectivity index (χ1) is 34.7. The fourth-order valence-corrected chi connectivity index (χ4v) is 7.09. The monoisotopic (exact) mass is 1000 g/mol. The van der Waals surface area contributed by atoms with E-state index in [2.05, 4.69) is 31.2 Å². The number of benzene rings is 3. The first-order valence-corrected chi connectivity index (χ1v) is 23.7. The van der Waals surface area contributed by atoms with Gasteiger partial charge in [-0.3, -0.25) is 39.0 Å². The molecule has 2 heterocycles. The van der Waals surface area contributed by atoms with E-state index in [0.717, 1.165) is 31.2 Å². The number of anilines is 4. The molecule has 0 spiro atoms. The van der Waals surface area contributed by atoms with Crippen molar-refractivity contribution in [1.82, 2.24) is 29.7 Å². The van der Waals surface area contributed by atoms with Crippen LogP contribution in [0.3, 0.4) is 0 Å². The Balaban J connectivity index is 0.000000249. The average molecular weight is 1000 g/mol. The lowest BCUT2D eigenvalue weighted by Crippen LogP contribution is -2.34. The van der Waals surface area contributed by atoms with Gasteiger partial charge < -0.3 is 46.4 Å². The molecule has 2 saturated carbocycles. The third kappa shape index (κ3) is 15.5. The van der Waals surface area contributed by atoms with Crippen LogP contribution in [0.1, 0.15) is 99.1 Å². The van der Waals surface area contributed by atoms with Crippen LogP contribution in [0.4, 0.5) is 27.8 Å². The molecule has 9 N–H and O–H groups in total. The topological polar surface area (TPSA) is 316 Å². The quantitative estimate of drug-likeness (QED) is 0.0195. The van der Waals surface area contributed by atoms with Crippen molar-refractivity contribution in [2.24, 2.45) is 0 Å². The van der Waals surface area contributed by atoms with Gasteiger partial charge in [-0.1, -0.05) is 24.3 Å². The maximum absolute atomic E-state index is 13.4. The molecule has 2 amide bonds. The molecule has 386 valence electrons. The van der Waals surface area contributed by atoms with Crippen molar-refractivity contribution in [3.63, 3.8) is 0 Å². The second-order valence-electron chi connectivity index (χ2n) is 18.0. The van der Waals surface area contributed by atoms with Crippen LogP contribution < -0.4 is 43.9 Å². The molecular weight excluding hydrogens is 943 g/mol. The zero-order valence-electron chi connectivity index (χ0n) is 41.6. The Morgan fingerprint density at radius 3 is 1.58 bits per heavy atom. The van der Waals surface area contributed by atoms with Gasteiger partial charge in [0.05, 0.1) is 54.7 Å². The number of nitrogens with one attached hydrogen (secondary N) is 5. The van der Waals surface area contributed by atoms with E-state index in [4.69, 9.17) is 35.8 Å². The van der Waals surface area contributed by atoms with Gasteiger partial charge in [0.15, 0.2) is 11.6 Å². The number of hydrogen-bond acceptors (Lipinski definition) is 18. The van der Waals surface area contributed by atoms with Crippen LogP contribution in [-0.4, -0.2) is 92.4 Å². The Morgan fingerprint density at radius 1 is 0.671 bits per heavy atom. The van der Waals surface area contributed by atoms with Crippen LogP contribution in [0.5, 0.6) is 0 Å². The summed E-state index contributed by atoms with van der Waals surface area (Å²) in [6.07, 6.45) is 6.04. The van der Waals surface area contributed by atoms with E-state index >= 15 is 0 Å². The van der Waals surface area contributed by atoms with Gasteiger partial charge in [-0.15, -0.1) is 0 Å². The number of rotatable bonds is 18. The Bertz CT molecular complexity index is 2990. The molecule has 2 fully saturated rings. The lowest BCUT2D eigenvalue weighted by molar-refractivity contribution is -0.155. The highest BCUT2D eigenvalue weighted by Gasteiger charge is 2.27. The standard InChI is InChI=1S/C29H33N7O6.C22H28N4O5/c1-3-41-28(39)20-11-19(12-21(30)13-20)23-15-33-26(34-22-9-10-22)27(38)36(23)16-24(37)32-14-17-5-7-18(8-6-17)25(31)35-29(40)42-4-2;1-5-30-21(29)14-8-13(9-15(23)10-14)17-11-24-19(25-16-6-7-16)20(28)26(17)12-18(27)31-22(2,3)4/h5-8,11-13,15,22H,3-4,9-10,14,16,30H2,1-2H3,(H,32,37)(H,33,34)(H2,31,35,40);8-11,16H,5-7,12,23H2,1-4H3,(H,24,25). The predicted octanol–water partition coefficient (Wildman–Crippen LogP) is 5.22. The van der Waals surface area contributed by atoms with Gasteiger partial charge in [-0.2, -0.15) is 0 Å². The van der Waals surface area contributed by atoms with Crippen molar-refractivity contribution in [3.05, 3.63) is 116 Å². The van der Waals surface area contributed by atoms with Gasteiger partial charge in [-0.25, -0.2) is 24.4 Å². The number of nitrogens with zero attached hydrogens (tertiary/aromatic N) is 4. The third-order valence-corrected chi connectivity index (χ3v) is 10.7. The molecule has 0 radical (unpaired) electrons. The normalized spacial score (nSPS) is 12.8. The summed E-state index contributed by atoms with van der Waals surface area (Å²) >= 11 is 0. The fourth-order valence-electron chi connectivity index (χ4n) is 7.09. The first kappa shape index (κ1) is 53.8. The van der Waals surface area contributed by atoms with E-state index in [0.29, 0.717) is 33.8 Å². The molecule has 0 atom stereocenters. The Kier molecular flexibility index (Phi) is 17.7. The number of ether oxygens (including phenoxy) is 4. The number of nitrogens with two attached hydrogens (primary N) is 2. The van der Waals surface area contributed by atoms with Crippen molar-refractivity contribution in [2.75, 3.05) is 41.9 Å². The molecule has 0 aliphatic heterocycles. The molecule has 2 aromatic heterocycles. The number of carbonyl (C=O) groups excluding carboxylic acids is 5. The highest BCUT2D eigenvalue weighted by molar-refractivity contribution is 6.04.